The highest BCUT2D eigenvalue weighted by Gasteiger charge is 2.48. The fraction of sp³-hybridized carbons (Fsp3) is 0.500. The Morgan fingerprint density at radius 1 is 1.50 bits per heavy atom. The Morgan fingerprint density at radius 3 is 2.57 bits per heavy atom. The smallest absolute Gasteiger partial charge is 0.324 e. The van der Waals surface area contributed by atoms with Crippen molar-refractivity contribution in [1.82, 2.24) is 10.6 Å². The van der Waals surface area contributed by atoms with Gasteiger partial charge in [0.15, 0.2) is 0 Å². The van der Waals surface area contributed by atoms with Crippen LogP contribution in [0.1, 0.15) is 6.92 Å². The van der Waals surface area contributed by atoms with E-state index in [9.17, 15) is 14.4 Å². The lowest BCUT2D eigenvalue weighted by Gasteiger charge is -2.33. The topological polar surface area (TPSA) is 84.5 Å². The van der Waals surface area contributed by atoms with Gasteiger partial charge < -0.3 is 4.74 Å². The van der Waals surface area contributed by atoms with E-state index in [0.717, 1.165) is 0 Å². The maximum absolute atomic E-state index is 11.3. The molecule has 3 amide bonds. The summed E-state index contributed by atoms with van der Waals surface area (Å²) in [5.41, 5.74) is 0. The van der Waals surface area contributed by atoms with Crippen LogP contribution in [0.15, 0.2) is 0 Å². The largest absolute Gasteiger partial charge is 0.439 e. The number of urea groups is 1. The van der Waals surface area contributed by atoms with E-state index in [1.807, 2.05) is 5.32 Å². The molecule has 0 aromatic rings. The molecule has 14 heavy (non-hydrogen) atoms. The van der Waals surface area contributed by atoms with E-state index in [4.69, 9.17) is 4.74 Å². The third-order valence-corrected chi connectivity index (χ3v) is 2.96. The van der Waals surface area contributed by atoms with Crippen molar-refractivity contribution in [1.29, 1.82) is 0 Å². The fourth-order valence-corrected chi connectivity index (χ4v) is 1.43. The molecule has 0 aliphatic carbocycles. The summed E-state index contributed by atoms with van der Waals surface area (Å²) < 4.78 is 3.39. The van der Waals surface area contributed by atoms with Crippen molar-refractivity contribution in [2.24, 2.45) is 0 Å². The number of esters is 1. The molecule has 0 unspecified atom stereocenters. The van der Waals surface area contributed by atoms with Crippen LogP contribution >= 0.6 is 31.9 Å². The molecule has 0 saturated carbocycles. The summed E-state index contributed by atoms with van der Waals surface area (Å²) in [6.07, 6.45) is -1.08. The van der Waals surface area contributed by atoms with Gasteiger partial charge in [0.1, 0.15) is 0 Å². The van der Waals surface area contributed by atoms with Gasteiger partial charge in [-0.1, -0.05) is 31.9 Å². The maximum Gasteiger partial charge on any atom is 0.324 e. The summed E-state index contributed by atoms with van der Waals surface area (Å²) in [6.45, 7) is 1.18. The first-order chi connectivity index (χ1) is 6.34. The molecular weight excluding hydrogens is 324 g/mol. The van der Waals surface area contributed by atoms with Crippen LogP contribution in [0.2, 0.25) is 0 Å². The minimum Gasteiger partial charge on any atom is -0.439 e. The van der Waals surface area contributed by atoms with Crippen LogP contribution in [0, 0.1) is 0 Å². The van der Waals surface area contributed by atoms with Gasteiger partial charge in [0, 0.05) is 6.92 Å². The monoisotopic (exact) mass is 328 g/mol. The van der Waals surface area contributed by atoms with E-state index in [1.54, 1.807) is 0 Å². The number of nitrogens with one attached hydrogen (secondary N) is 2. The van der Waals surface area contributed by atoms with E-state index in [-0.39, 0.29) is 0 Å². The molecule has 2 N–H and O–H groups in total. The highest BCUT2D eigenvalue weighted by Crippen LogP contribution is 2.33. The van der Waals surface area contributed by atoms with Gasteiger partial charge in [-0.3, -0.25) is 20.2 Å². The molecule has 1 aliphatic rings. The molecule has 0 radical (unpaired) electrons. The van der Waals surface area contributed by atoms with E-state index in [1.165, 1.54) is 6.92 Å². The summed E-state index contributed by atoms with van der Waals surface area (Å²) in [7, 11) is 0. The highest BCUT2D eigenvalue weighted by atomic mass is 79.9. The Bertz CT molecular complexity index is 302. The Labute approximate surface area is 96.0 Å². The van der Waals surface area contributed by atoms with Crippen LogP contribution in [0.5, 0.6) is 0 Å². The Balaban J connectivity index is 2.84. The molecular formula is C6H6Br2N2O4. The van der Waals surface area contributed by atoms with Gasteiger partial charge in [0.25, 0.3) is 5.91 Å². The number of amides is 3. The molecule has 78 valence electrons. The molecule has 6 nitrogen and oxygen atoms in total. The number of halogens is 2. The molecule has 1 heterocycles. The molecule has 1 fully saturated rings. The predicted molar refractivity (Wildman–Crippen MR) is 52.8 cm³/mol. The molecule has 0 aromatic carbocycles. The van der Waals surface area contributed by atoms with E-state index < -0.39 is 27.4 Å². The number of ether oxygens (including phenoxy) is 1. The summed E-state index contributed by atoms with van der Waals surface area (Å²) in [4.78, 5) is 32.8. The summed E-state index contributed by atoms with van der Waals surface area (Å²) in [5.74, 6) is -1.24. The first-order valence-corrected chi connectivity index (χ1v) is 5.09. The number of hydrogen-bond donors (Lipinski definition) is 2. The van der Waals surface area contributed by atoms with Crippen LogP contribution in [-0.2, 0) is 14.3 Å². The average Bonchev–Trinajstić information content (AvgIpc) is 1.99. The second-order valence-electron chi connectivity index (χ2n) is 2.54. The lowest BCUT2D eigenvalue weighted by molar-refractivity contribution is -0.149. The molecule has 8 heteroatoms. The Kier molecular flexibility index (Phi) is 3.15. The molecule has 1 rings (SSSR count). The first kappa shape index (κ1) is 11.4. The quantitative estimate of drug-likeness (QED) is 0.531. The lowest BCUT2D eigenvalue weighted by atomic mass is 10.3. The molecule has 0 bridgehead atoms. The van der Waals surface area contributed by atoms with Gasteiger partial charge in [-0.05, 0) is 0 Å². The number of carbonyl (C=O) groups excluding carboxylic acids is 3. The normalized spacial score (nSPS) is 24.9. The zero-order valence-corrected chi connectivity index (χ0v) is 10.1. The predicted octanol–water partition coefficient (Wildman–Crippen LogP) is 0.201. The summed E-state index contributed by atoms with van der Waals surface area (Å²) in [5, 5.41) is 4.26. The van der Waals surface area contributed by atoms with Gasteiger partial charge in [-0.25, -0.2) is 4.79 Å². The summed E-state index contributed by atoms with van der Waals surface area (Å²) in [6, 6.07) is -0.712. The molecule has 0 spiro atoms. The van der Waals surface area contributed by atoms with Crippen LogP contribution in [0.3, 0.4) is 0 Å². The number of alkyl halides is 2. The minimum atomic E-state index is -1.33. The highest BCUT2D eigenvalue weighted by molar-refractivity contribution is 9.26. The zero-order chi connectivity index (χ0) is 10.9. The van der Waals surface area contributed by atoms with Crippen molar-refractivity contribution in [3.05, 3.63) is 0 Å². The van der Waals surface area contributed by atoms with Gasteiger partial charge in [0.05, 0.1) is 0 Å². The van der Waals surface area contributed by atoms with Crippen molar-refractivity contribution in [3.63, 3.8) is 0 Å². The number of carbonyl (C=O) groups is 3. The van der Waals surface area contributed by atoms with E-state index in [0.29, 0.717) is 0 Å². The van der Waals surface area contributed by atoms with E-state index in [2.05, 4.69) is 37.2 Å². The fourth-order valence-electron chi connectivity index (χ4n) is 0.821. The third kappa shape index (κ3) is 2.24. The zero-order valence-electron chi connectivity index (χ0n) is 6.97. The van der Waals surface area contributed by atoms with Crippen molar-refractivity contribution in [2.75, 3.05) is 0 Å². The standard InChI is InChI=1S/C6H6Br2N2O4/c1-2(11)14-4-6(7,8)3(12)9-5(13)10-4/h4H,1H3,(H2,9,10,12,13)/t4-/m0/s1. The van der Waals surface area contributed by atoms with Gasteiger partial charge in [0.2, 0.25) is 9.46 Å². The van der Waals surface area contributed by atoms with E-state index >= 15 is 0 Å². The van der Waals surface area contributed by atoms with Crippen molar-refractivity contribution >= 4 is 49.8 Å². The van der Waals surface area contributed by atoms with Crippen molar-refractivity contribution < 1.29 is 19.1 Å². The van der Waals surface area contributed by atoms with Crippen molar-refractivity contribution in [3.8, 4) is 0 Å². The Morgan fingerprint density at radius 2 is 2.07 bits per heavy atom. The minimum absolute atomic E-state index is 0.603. The lowest BCUT2D eigenvalue weighted by Crippen LogP contribution is -2.64. The molecule has 0 aromatic heterocycles. The molecule has 1 aliphatic heterocycles. The Hall–Kier alpha value is -0.630. The van der Waals surface area contributed by atoms with Gasteiger partial charge in [-0.2, -0.15) is 0 Å². The average molecular weight is 330 g/mol. The summed E-state index contributed by atoms with van der Waals surface area (Å²) >= 11 is 5.99. The van der Waals surface area contributed by atoms with Gasteiger partial charge >= 0.3 is 12.0 Å². The molecule has 1 atom stereocenters. The number of imide groups is 1. The maximum atomic E-state index is 11.3. The van der Waals surface area contributed by atoms with Crippen LogP contribution in [-0.4, -0.2) is 27.4 Å². The second-order valence-corrected chi connectivity index (χ2v) is 6.11. The van der Waals surface area contributed by atoms with Crippen LogP contribution in [0.4, 0.5) is 4.79 Å². The third-order valence-electron chi connectivity index (χ3n) is 1.41. The van der Waals surface area contributed by atoms with Gasteiger partial charge in [-0.15, -0.1) is 0 Å². The first-order valence-electron chi connectivity index (χ1n) is 3.51. The SMILES string of the molecule is CC(=O)O[C@@H]1NC(=O)NC(=O)C1(Br)Br. The number of rotatable bonds is 1. The van der Waals surface area contributed by atoms with Crippen LogP contribution < -0.4 is 10.6 Å². The number of hydrogen-bond acceptors (Lipinski definition) is 4. The second kappa shape index (κ2) is 3.85. The van der Waals surface area contributed by atoms with Crippen LogP contribution in [0.25, 0.3) is 0 Å². The van der Waals surface area contributed by atoms with Crippen molar-refractivity contribution in [2.45, 2.75) is 16.4 Å². The molecule has 1 saturated heterocycles.